The standard InChI is InChI=1S/C27H25ClN2O3/c1-17-12-18(2)25-21(13-17)14-22(26(31)29-25)16-30(15-20-6-4-5-7-24(20)28)27(32)19-8-10-23(33-3)11-9-19/h4-14H,15-16H2,1-3H3,(H,29,31). The number of benzene rings is 3. The van der Waals surface area contributed by atoms with Crippen LogP contribution < -0.4 is 10.3 Å². The highest BCUT2D eigenvalue weighted by Crippen LogP contribution is 2.22. The van der Waals surface area contributed by atoms with Crippen LogP contribution in [0.4, 0.5) is 0 Å². The molecule has 0 aliphatic heterocycles. The van der Waals surface area contributed by atoms with E-state index in [1.807, 2.05) is 50.2 Å². The summed E-state index contributed by atoms with van der Waals surface area (Å²) in [6, 6.07) is 20.3. The summed E-state index contributed by atoms with van der Waals surface area (Å²) in [6.07, 6.45) is 0. The number of H-pyrrole nitrogens is 1. The van der Waals surface area contributed by atoms with Gasteiger partial charge in [0.1, 0.15) is 5.75 Å². The van der Waals surface area contributed by atoms with Crippen molar-refractivity contribution in [1.29, 1.82) is 0 Å². The predicted octanol–water partition coefficient (Wildman–Crippen LogP) is 5.65. The lowest BCUT2D eigenvalue weighted by Crippen LogP contribution is -2.32. The molecule has 0 radical (unpaired) electrons. The monoisotopic (exact) mass is 460 g/mol. The van der Waals surface area contributed by atoms with Crippen LogP contribution in [0.3, 0.4) is 0 Å². The van der Waals surface area contributed by atoms with Gasteiger partial charge in [-0.1, -0.05) is 41.4 Å². The number of carbonyl (C=O) groups is 1. The van der Waals surface area contributed by atoms with Crippen molar-refractivity contribution in [3.05, 3.63) is 110 Å². The Morgan fingerprint density at radius 1 is 0.970 bits per heavy atom. The molecule has 1 amide bonds. The SMILES string of the molecule is COc1ccc(C(=O)N(Cc2ccccc2Cl)Cc2cc3cc(C)cc(C)c3[nH]c2=O)cc1. The van der Waals surface area contributed by atoms with Crippen LogP contribution in [0.15, 0.2) is 71.5 Å². The van der Waals surface area contributed by atoms with Gasteiger partial charge in [0, 0.05) is 22.7 Å². The third kappa shape index (κ3) is 4.94. The van der Waals surface area contributed by atoms with Crippen LogP contribution in [0.1, 0.15) is 32.6 Å². The zero-order chi connectivity index (χ0) is 23.5. The zero-order valence-corrected chi connectivity index (χ0v) is 19.6. The molecule has 5 nitrogen and oxygen atoms in total. The van der Waals surface area contributed by atoms with E-state index in [0.717, 1.165) is 27.6 Å². The minimum Gasteiger partial charge on any atom is -0.497 e. The topological polar surface area (TPSA) is 62.4 Å². The van der Waals surface area contributed by atoms with Gasteiger partial charge in [0.2, 0.25) is 0 Å². The molecule has 1 N–H and O–H groups in total. The molecule has 0 spiro atoms. The lowest BCUT2D eigenvalue weighted by molar-refractivity contribution is 0.0729. The molecule has 0 unspecified atom stereocenters. The fraction of sp³-hybridized carbons (Fsp3) is 0.185. The third-order valence-corrected chi connectivity index (χ3v) is 6.04. The van der Waals surface area contributed by atoms with Crippen LogP contribution in [-0.4, -0.2) is 22.9 Å². The zero-order valence-electron chi connectivity index (χ0n) is 18.8. The average molecular weight is 461 g/mol. The number of amides is 1. The molecule has 33 heavy (non-hydrogen) atoms. The van der Waals surface area contributed by atoms with E-state index >= 15 is 0 Å². The molecule has 0 aliphatic carbocycles. The summed E-state index contributed by atoms with van der Waals surface area (Å²) in [5.41, 5.74) is 4.56. The smallest absolute Gasteiger partial charge is 0.254 e. The van der Waals surface area contributed by atoms with E-state index in [0.29, 0.717) is 21.9 Å². The van der Waals surface area contributed by atoms with Crippen molar-refractivity contribution < 1.29 is 9.53 Å². The number of fused-ring (bicyclic) bond motifs is 1. The van der Waals surface area contributed by atoms with Crippen molar-refractivity contribution in [1.82, 2.24) is 9.88 Å². The quantitative estimate of drug-likeness (QED) is 0.404. The van der Waals surface area contributed by atoms with Crippen LogP contribution in [0, 0.1) is 13.8 Å². The van der Waals surface area contributed by atoms with Gasteiger partial charge in [-0.15, -0.1) is 0 Å². The van der Waals surface area contributed by atoms with Gasteiger partial charge in [-0.05, 0) is 72.8 Å². The van der Waals surface area contributed by atoms with E-state index in [-0.39, 0.29) is 24.6 Å². The number of pyridine rings is 1. The number of carbonyl (C=O) groups excluding carboxylic acids is 1. The fourth-order valence-corrected chi connectivity index (χ4v) is 4.20. The molecule has 1 aromatic heterocycles. The molecular weight excluding hydrogens is 436 g/mol. The second-order valence-electron chi connectivity index (χ2n) is 8.15. The van der Waals surface area contributed by atoms with Crippen molar-refractivity contribution >= 4 is 28.4 Å². The molecule has 0 aliphatic rings. The minimum absolute atomic E-state index is 0.147. The Balaban J connectivity index is 1.74. The van der Waals surface area contributed by atoms with Crippen LogP contribution in [-0.2, 0) is 13.1 Å². The number of halogens is 1. The number of hydrogen-bond donors (Lipinski definition) is 1. The van der Waals surface area contributed by atoms with Crippen molar-refractivity contribution in [2.45, 2.75) is 26.9 Å². The first-order valence-electron chi connectivity index (χ1n) is 10.7. The van der Waals surface area contributed by atoms with Gasteiger partial charge in [0.15, 0.2) is 0 Å². The highest BCUT2D eigenvalue weighted by atomic mass is 35.5. The fourth-order valence-electron chi connectivity index (χ4n) is 4.00. The maximum Gasteiger partial charge on any atom is 0.254 e. The summed E-state index contributed by atoms with van der Waals surface area (Å²) in [6.45, 7) is 4.42. The highest BCUT2D eigenvalue weighted by Gasteiger charge is 2.20. The molecule has 6 heteroatoms. The largest absolute Gasteiger partial charge is 0.497 e. The summed E-state index contributed by atoms with van der Waals surface area (Å²) in [4.78, 5) is 31.0. The van der Waals surface area contributed by atoms with Gasteiger partial charge in [-0.3, -0.25) is 9.59 Å². The summed E-state index contributed by atoms with van der Waals surface area (Å²) < 4.78 is 5.20. The average Bonchev–Trinajstić information content (AvgIpc) is 2.80. The summed E-state index contributed by atoms with van der Waals surface area (Å²) in [7, 11) is 1.58. The lowest BCUT2D eigenvalue weighted by Gasteiger charge is -2.24. The molecule has 168 valence electrons. The predicted molar refractivity (Wildman–Crippen MR) is 132 cm³/mol. The maximum atomic E-state index is 13.5. The van der Waals surface area contributed by atoms with Crippen LogP contribution in [0.25, 0.3) is 10.9 Å². The third-order valence-electron chi connectivity index (χ3n) is 5.67. The molecule has 0 fully saturated rings. The molecule has 4 rings (SSSR count). The van der Waals surface area contributed by atoms with Crippen LogP contribution in [0.5, 0.6) is 5.75 Å². The summed E-state index contributed by atoms with van der Waals surface area (Å²) in [5, 5.41) is 1.51. The minimum atomic E-state index is -0.207. The molecule has 3 aromatic carbocycles. The van der Waals surface area contributed by atoms with Crippen molar-refractivity contribution in [3.8, 4) is 5.75 Å². The molecule has 4 aromatic rings. The normalized spacial score (nSPS) is 10.9. The van der Waals surface area contributed by atoms with Gasteiger partial charge in [0.05, 0.1) is 19.2 Å². The number of methoxy groups -OCH3 is 1. The Morgan fingerprint density at radius 2 is 1.67 bits per heavy atom. The van der Waals surface area contributed by atoms with Gasteiger partial charge >= 0.3 is 0 Å². The molecular formula is C27H25ClN2O3. The first-order chi connectivity index (χ1) is 15.9. The van der Waals surface area contributed by atoms with Crippen molar-refractivity contribution in [2.75, 3.05) is 7.11 Å². The van der Waals surface area contributed by atoms with Crippen molar-refractivity contribution in [3.63, 3.8) is 0 Å². The molecule has 0 atom stereocenters. The van der Waals surface area contributed by atoms with Gasteiger partial charge in [-0.2, -0.15) is 0 Å². The molecule has 0 saturated heterocycles. The number of nitrogens with one attached hydrogen (secondary N) is 1. The van der Waals surface area contributed by atoms with E-state index in [1.165, 1.54) is 0 Å². The first kappa shape index (κ1) is 22.6. The second kappa shape index (κ2) is 9.51. The van der Waals surface area contributed by atoms with E-state index < -0.39 is 0 Å². The highest BCUT2D eigenvalue weighted by molar-refractivity contribution is 6.31. The molecule has 1 heterocycles. The second-order valence-corrected chi connectivity index (χ2v) is 8.56. The van der Waals surface area contributed by atoms with Crippen LogP contribution >= 0.6 is 11.6 Å². The Morgan fingerprint density at radius 3 is 2.36 bits per heavy atom. The Bertz CT molecular complexity index is 1380. The number of aromatic amines is 1. The summed E-state index contributed by atoms with van der Waals surface area (Å²) in [5.74, 6) is 0.471. The molecule has 0 saturated carbocycles. The Labute approximate surface area is 197 Å². The van der Waals surface area contributed by atoms with Gasteiger partial charge < -0.3 is 14.6 Å². The Kier molecular flexibility index (Phi) is 6.52. The summed E-state index contributed by atoms with van der Waals surface area (Å²) >= 11 is 6.38. The van der Waals surface area contributed by atoms with E-state index in [2.05, 4.69) is 4.98 Å². The maximum absolute atomic E-state index is 13.5. The van der Waals surface area contributed by atoms with E-state index in [1.54, 1.807) is 42.3 Å². The lowest BCUT2D eigenvalue weighted by atomic mass is 10.0. The van der Waals surface area contributed by atoms with E-state index in [4.69, 9.17) is 16.3 Å². The molecule has 0 bridgehead atoms. The van der Waals surface area contributed by atoms with Crippen molar-refractivity contribution in [2.24, 2.45) is 0 Å². The number of ether oxygens (including phenoxy) is 1. The van der Waals surface area contributed by atoms with Crippen LogP contribution in [0.2, 0.25) is 5.02 Å². The van der Waals surface area contributed by atoms with Gasteiger partial charge in [-0.25, -0.2) is 0 Å². The first-order valence-corrected chi connectivity index (χ1v) is 11.0. The van der Waals surface area contributed by atoms with Gasteiger partial charge in [0.25, 0.3) is 11.5 Å². The number of rotatable bonds is 6. The number of aromatic nitrogens is 1. The van der Waals surface area contributed by atoms with E-state index in [9.17, 15) is 9.59 Å². The Hall–Kier alpha value is -3.57. The number of hydrogen-bond acceptors (Lipinski definition) is 3. The number of nitrogens with zero attached hydrogens (tertiary/aromatic N) is 1. The number of aryl methyl sites for hydroxylation is 2.